The summed E-state index contributed by atoms with van der Waals surface area (Å²) in [7, 11) is 2.19. The maximum absolute atomic E-state index is 6.22. The molecule has 0 radical (unpaired) electrons. The zero-order chi connectivity index (χ0) is 13.9. The van der Waals surface area contributed by atoms with Gasteiger partial charge >= 0.3 is 0 Å². The molecule has 0 bridgehead atoms. The Kier molecular flexibility index (Phi) is 4.08. The molecule has 1 N–H and O–H groups in total. The Morgan fingerprint density at radius 2 is 2.20 bits per heavy atom. The molecule has 4 heteroatoms. The molecule has 3 rings (SSSR count). The number of fused-ring (bicyclic) bond motifs is 1. The fourth-order valence-electron chi connectivity index (χ4n) is 2.87. The first-order valence-electron chi connectivity index (χ1n) is 7.22. The molecule has 1 atom stereocenters. The van der Waals surface area contributed by atoms with Crippen molar-refractivity contribution in [2.45, 2.75) is 25.3 Å². The molecule has 20 heavy (non-hydrogen) atoms. The van der Waals surface area contributed by atoms with Gasteiger partial charge in [0.2, 0.25) is 0 Å². The fourth-order valence-corrected chi connectivity index (χ4v) is 3.10. The summed E-state index contributed by atoms with van der Waals surface area (Å²) in [5.74, 6) is 0. The molecule has 2 heterocycles. The van der Waals surface area contributed by atoms with Crippen molar-refractivity contribution >= 4 is 28.2 Å². The van der Waals surface area contributed by atoms with Crippen molar-refractivity contribution in [2.75, 3.05) is 25.5 Å². The molecule has 1 unspecified atom stereocenters. The molecule has 1 aliphatic rings. The van der Waals surface area contributed by atoms with Crippen LogP contribution in [0.5, 0.6) is 0 Å². The van der Waals surface area contributed by atoms with E-state index in [1.165, 1.54) is 19.4 Å². The molecule has 0 amide bonds. The Labute approximate surface area is 124 Å². The van der Waals surface area contributed by atoms with Crippen LogP contribution in [-0.4, -0.2) is 36.1 Å². The van der Waals surface area contributed by atoms with Crippen molar-refractivity contribution in [1.29, 1.82) is 0 Å². The molecule has 1 aromatic heterocycles. The minimum absolute atomic E-state index is 0.503. The van der Waals surface area contributed by atoms with Crippen molar-refractivity contribution in [3.05, 3.63) is 35.5 Å². The molecule has 1 aromatic carbocycles. The third-order valence-corrected chi connectivity index (χ3v) is 4.20. The van der Waals surface area contributed by atoms with Crippen molar-refractivity contribution < 1.29 is 0 Å². The Hall–Kier alpha value is -1.32. The van der Waals surface area contributed by atoms with Crippen LogP contribution in [0.15, 0.2) is 30.5 Å². The summed E-state index contributed by atoms with van der Waals surface area (Å²) in [6, 6.07) is 8.47. The van der Waals surface area contributed by atoms with Gasteiger partial charge in [0.05, 0.1) is 11.2 Å². The third kappa shape index (κ3) is 3.05. The lowest BCUT2D eigenvalue weighted by Gasteiger charge is -2.19. The van der Waals surface area contributed by atoms with Crippen LogP contribution >= 0.6 is 11.6 Å². The number of nitrogens with one attached hydrogen (secondary N) is 1. The van der Waals surface area contributed by atoms with Crippen LogP contribution in [0, 0.1) is 0 Å². The highest BCUT2D eigenvalue weighted by Crippen LogP contribution is 2.28. The smallest absolute Gasteiger partial charge is 0.0934 e. The van der Waals surface area contributed by atoms with Crippen LogP contribution in [0.4, 0.5) is 5.69 Å². The summed E-state index contributed by atoms with van der Waals surface area (Å²) in [5, 5.41) is 5.51. The molecular weight excluding hydrogens is 270 g/mol. The molecule has 1 aliphatic heterocycles. The van der Waals surface area contributed by atoms with Crippen LogP contribution in [0.1, 0.15) is 19.3 Å². The van der Waals surface area contributed by atoms with E-state index >= 15 is 0 Å². The zero-order valence-corrected chi connectivity index (χ0v) is 12.5. The maximum atomic E-state index is 6.22. The van der Waals surface area contributed by atoms with Gasteiger partial charge in [-0.3, -0.25) is 4.98 Å². The molecular formula is C16H20ClN3. The minimum atomic E-state index is 0.503. The van der Waals surface area contributed by atoms with Crippen LogP contribution in [0.2, 0.25) is 5.02 Å². The SMILES string of the molecule is CN1CCCC(Nc2cc(Cl)cc3cccnc23)CC1. The third-order valence-electron chi connectivity index (χ3n) is 3.98. The molecule has 3 nitrogen and oxygen atoms in total. The summed E-state index contributed by atoms with van der Waals surface area (Å²) in [4.78, 5) is 6.89. The summed E-state index contributed by atoms with van der Waals surface area (Å²) in [6.45, 7) is 2.33. The van der Waals surface area contributed by atoms with Gasteiger partial charge in [-0.05, 0) is 57.6 Å². The normalized spacial score (nSPS) is 20.8. The number of pyridine rings is 1. The van der Waals surface area contributed by atoms with Crippen LogP contribution in [0.3, 0.4) is 0 Å². The summed E-state index contributed by atoms with van der Waals surface area (Å²) in [6.07, 6.45) is 5.44. The predicted molar refractivity (Wildman–Crippen MR) is 85.5 cm³/mol. The monoisotopic (exact) mass is 289 g/mol. The number of hydrogen-bond donors (Lipinski definition) is 1. The number of benzene rings is 1. The largest absolute Gasteiger partial charge is 0.380 e. The number of nitrogens with zero attached hydrogens (tertiary/aromatic N) is 2. The van der Waals surface area contributed by atoms with Gasteiger partial charge in [0.25, 0.3) is 0 Å². The van der Waals surface area contributed by atoms with Gasteiger partial charge in [0.1, 0.15) is 0 Å². The van der Waals surface area contributed by atoms with Crippen LogP contribution < -0.4 is 5.32 Å². The van der Waals surface area contributed by atoms with Gasteiger partial charge in [-0.1, -0.05) is 17.7 Å². The quantitative estimate of drug-likeness (QED) is 0.912. The first-order valence-corrected chi connectivity index (χ1v) is 7.59. The average molecular weight is 290 g/mol. The second-order valence-corrected chi connectivity index (χ2v) is 6.04. The van der Waals surface area contributed by atoms with E-state index in [-0.39, 0.29) is 0 Å². The van der Waals surface area contributed by atoms with E-state index in [9.17, 15) is 0 Å². The zero-order valence-electron chi connectivity index (χ0n) is 11.8. The number of halogens is 1. The highest BCUT2D eigenvalue weighted by molar-refractivity contribution is 6.31. The maximum Gasteiger partial charge on any atom is 0.0934 e. The molecule has 0 aliphatic carbocycles. The summed E-state index contributed by atoms with van der Waals surface area (Å²) < 4.78 is 0. The van der Waals surface area contributed by atoms with E-state index in [0.717, 1.165) is 34.6 Å². The van der Waals surface area contributed by atoms with E-state index in [2.05, 4.69) is 28.3 Å². The van der Waals surface area contributed by atoms with Crippen molar-refractivity contribution in [2.24, 2.45) is 0 Å². The van der Waals surface area contributed by atoms with Crippen molar-refractivity contribution in [1.82, 2.24) is 9.88 Å². The first kappa shape index (κ1) is 13.7. The molecule has 2 aromatic rings. The van der Waals surface area contributed by atoms with Gasteiger partial charge in [0, 0.05) is 22.6 Å². The standard InChI is InChI=1S/C16H20ClN3/c1-20-8-3-5-14(6-9-20)19-15-11-13(17)10-12-4-2-7-18-16(12)15/h2,4,7,10-11,14,19H,3,5-6,8-9H2,1H3. The van der Waals surface area contributed by atoms with Gasteiger partial charge in [-0.25, -0.2) is 0 Å². The number of hydrogen-bond acceptors (Lipinski definition) is 3. The van der Waals surface area contributed by atoms with Gasteiger partial charge in [0.15, 0.2) is 0 Å². The lowest BCUT2D eigenvalue weighted by Crippen LogP contribution is -2.23. The average Bonchev–Trinajstić information content (AvgIpc) is 2.64. The van der Waals surface area contributed by atoms with Gasteiger partial charge in [-0.15, -0.1) is 0 Å². The van der Waals surface area contributed by atoms with Crippen molar-refractivity contribution in [3.8, 4) is 0 Å². The predicted octanol–water partition coefficient (Wildman–Crippen LogP) is 3.78. The van der Waals surface area contributed by atoms with Crippen LogP contribution in [0.25, 0.3) is 10.9 Å². The molecule has 106 valence electrons. The Bertz CT molecular complexity index is 599. The second kappa shape index (κ2) is 5.98. The summed E-state index contributed by atoms with van der Waals surface area (Å²) in [5.41, 5.74) is 2.07. The molecule has 0 spiro atoms. The number of rotatable bonds is 2. The lowest BCUT2D eigenvalue weighted by molar-refractivity contribution is 0.348. The number of aromatic nitrogens is 1. The number of likely N-dealkylation sites (tertiary alicyclic amines) is 1. The molecule has 1 saturated heterocycles. The van der Waals surface area contributed by atoms with E-state index in [4.69, 9.17) is 11.6 Å². The van der Waals surface area contributed by atoms with E-state index in [1.807, 2.05) is 24.4 Å². The van der Waals surface area contributed by atoms with Crippen molar-refractivity contribution in [3.63, 3.8) is 0 Å². The Morgan fingerprint density at radius 3 is 3.10 bits per heavy atom. The fraction of sp³-hybridized carbons (Fsp3) is 0.438. The van der Waals surface area contributed by atoms with E-state index in [0.29, 0.717) is 6.04 Å². The number of anilines is 1. The lowest BCUT2D eigenvalue weighted by atomic mass is 10.1. The molecule has 0 saturated carbocycles. The minimum Gasteiger partial charge on any atom is -0.380 e. The Balaban J connectivity index is 1.86. The second-order valence-electron chi connectivity index (χ2n) is 5.60. The highest BCUT2D eigenvalue weighted by Gasteiger charge is 2.16. The van der Waals surface area contributed by atoms with Gasteiger partial charge < -0.3 is 10.2 Å². The highest BCUT2D eigenvalue weighted by atomic mass is 35.5. The first-order chi connectivity index (χ1) is 9.72. The summed E-state index contributed by atoms with van der Waals surface area (Å²) >= 11 is 6.22. The molecule has 1 fully saturated rings. The Morgan fingerprint density at radius 1 is 1.30 bits per heavy atom. The van der Waals surface area contributed by atoms with Crippen LogP contribution in [-0.2, 0) is 0 Å². The topological polar surface area (TPSA) is 28.2 Å². The van der Waals surface area contributed by atoms with E-state index in [1.54, 1.807) is 0 Å². The van der Waals surface area contributed by atoms with E-state index < -0.39 is 0 Å². The van der Waals surface area contributed by atoms with Gasteiger partial charge in [-0.2, -0.15) is 0 Å².